The molecule has 1 atom stereocenters. The van der Waals surface area contributed by atoms with Gasteiger partial charge >= 0.3 is 0 Å². The second-order valence-electron chi connectivity index (χ2n) is 5.70. The summed E-state index contributed by atoms with van der Waals surface area (Å²) in [4.78, 5) is 6.58. The molecule has 106 valence electrons. The molecule has 1 aliphatic rings. The molecule has 1 aliphatic heterocycles. The number of hydrogen-bond acceptors (Lipinski definition) is 5. The minimum atomic E-state index is -0.310. The highest BCUT2D eigenvalue weighted by Crippen LogP contribution is 2.27. The van der Waals surface area contributed by atoms with E-state index in [2.05, 4.69) is 9.88 Å². The zero-order chi connectivity index (χ0) is 14.0. The van der Waals surface area contributed by atoms with E-state index in [0.717, 1.165) is 23.5 Å². The van der Waals surface area contributed by atoms with Crippen LogP contribution in [-0.2, 0) is 11.3 Å². The molecule has 1 unspecified atom stereocenters. The summed E-state index contributed by atoms with van der Waals surface area (Å²) in [7, 11) is 0. The largest absolute Gasteiger partial charge is 0.394 e. The lowest BCUT2D eigenvalue weighted by Crippen LogP contribution is -2.54. The Labute approximate surface area is 113 Å². The van der Waals surface area contributed by atoms with Crippen molar-refractivity contribution >= 4 is 5.82 Å². The molecule has 2 heterocycles. The van der Waals surface area contributed by atoms with Crippen LogP contribution in [0.4, 0.5) is 5.82 Å². The molecule has 1 saturated heterocycles. The maximum Gasteiger partial charge on any atom is 0.131 e. The highest BCUT2D eigenvalue weighted by molar-refractivity contribution is 5.48. The third kappa shape index (κ3) is 3.23. The van der Waals surface area contributed by atoms with Crippen LogP contribution in [0.2, 0.25) is 0 Å². The summed E-state index contributed by atoms with van der Waals surface area (Å²) in [6.07, 6.45) is 1.50. The van der Waals surface area contributed by atoms with E-state index in [-0.39, 0.29) is 24.9 Å². The van der Waals surface area contributed by atoms with Crippen molar-refractivity contribution in [2.75, 3.05) is 24.6 Å². The predicted molar refractivity (Wildman–Crippen MR) is 73.1 cm³/mol. The lowest BCUT2D eigenvalue weighted by molar-refractivity contribution is -0.101. The van der Waals surface area contributed by atoms with E-state index >= 15 is 0 Å². The number of aliphatic hydroxyl groups excluding tert-OH is 2. The number of morpholine rings is 1. The van der Waals surface area contributed by atoms with E-state index < -0.39 is 0 Å². The zero-order valence-corrected chi connectivity index (χ0v) is 11.8. The quantitative estimate of drug-likeness (QED) is 0.849. The maximum atomic E-state index is 9.33. The lowest BCUT2D eigenvalue weighted by Gasteiger charge is -2.43. The average Bonchev–Trinajstić information content (AvgIpc) is 2.36. The Morgan fingerprint density at radius 3 is 2.79 bits per heavy atom. The number of nitrogens with zero attached hydrogens (tertiary/aromatic N) is 2. The van der Waals surface area contributed by atoms with Crippen molar-refractivity contribution in [3.8, 4) is 0 Å². The fraction of sp³-hybridized carbons (Fsp3) is 0.643. The molecule has 0 radical (unpaired) electrons. The molecule has 0 saturated carbocycles. The Hall–Kier alpha value is -1.17. The van der Waals surface area contributed by atoms with E-state index in [4.69, 9.17) is 9.84 Å². The molecular weight excluding hydrogens is 244 g/mol. The Kier molecular flexibility index (Phi) is 4.08. The summed E-state index contributed by atoms with van der Waals surface area (Å²) in [6.45, 7) is 7.38. The highest BCUT2D eigenvalue weighted by atomic mass is 16.5. The van der Waals surface area contributed by atoms with E-state index in [0.29, 0.717) is 6.54 Å². The van der Waals surface area contributed by atoms with Gasteiger partial charge in [-0.2, -0.15) is 0 Å². The number of anilines is 1. The average molecular weight is 266 g/mol. The predicted octanol–water partition coefficient (Wildman–Crippen LogP) is 0.858. The van der Waals surface area contributed by atoms with E-state index in [1.165, 1.54) is 0 Å². The first-order valence-corrected chi connectivity index (χ1v) is 6.55. The van der Waals surface area contributed by atoms with Gasteiger partial charge in [0.25, 0.3) is 0 Å². The molecule has 0 bridgehead atoms. The molecule has 2 rings (SSSR count). The van der Waals surface area contributed by atoms with Gasteiger partial charge in [0.05, 0.1) is 24.9 Å². The molecule has 5 nitrogen and oxygen atoms in total. The molecule has 1 fully saturated rings. The van der Waals surface area contributed by atoms with Gasteiger partial charge in [-0.25, -0.2) is 4.98 Å². The third-order valence-electron chi connectivity index (χ3n) is 3.27. The van der Waals surface area contributed by atoms with Crippen LogP contribution < -0.4 is 4.90 Å². The van der Waals surface area contributed by atoms with Crippen molar-refractivity contribution < 1.29 is 14.9 Å². The molecular formula is C14H22N2O3. The SMILES string of the molecule is Cc1cc(CO)cnc1N1CC(CO)OC(C)(C)C1. The third-order valence-corrected chi connectivity index (χ3v) is 3.27. The van der Waals surface area contributed by atoms with Crippen molar-refractivity contribution in [3.05, 3.63) is 23.4 Å². The summed E-state index contributed by atoms with van der Waals surface area (Å²) >= 11 is 0. The monoisotopic (exact) mass is 266 g/mol. The Bertz CT molecular complexity index is 448. The first-order valence-electron chi connectivity index (χ1n) is 6.55. The fourth-order valence-corrected chi connectivity index (χ4v) is 2.60. The Morgan fingerprint density at radius 2 is 2.21 bits per heavy atom. The number of ether oxygens (including phenoxy) is 1. The van der Waals surface area contributed by atoms with Gasteiger partial charge < -0.3 is 19.8 Å². The smallest absolute Gasteiger partial charge is 0.131 e. The van der Waals surface area contributed by atoms with Crippen molar-refractivity contribution in [2.24, 2.45) is 0 Å². The van der Waals surface area contributed by atoms with Crippen LogP contribution >= 0.6 is 0 Å². The fourth-order valence-electron chi connectivity index (χ4n) is 2.60. The highest BCUT2D eigenvalue weighted by Gasteiger charge is 2.34. The van der Waals surface area contributed by atoms with E-state index in [1.807, 2.05) is 26.8 Å². The molecule has 0 spiro atoms. The number of aliphatic hydroxyl groups is 2. The summed E-state index contributed by atoms with van der Waals surface area (Å²) in [5, 5.41) is 18.5. The van der Waals surface area contributed by atoms with Crippen molar-refractivity contribution in [1.29, 1.82) is 0 Å². The molecule has 1 aromatic rings. The van der Waals surface area contributed by atoms with Crippen LogP contribution in [-0.4, -0.2) is 46.6 Å². The number of hydrogen-bond donors (Lipinski definition) is 2. The summed E-state index contributed by atoms with van der Waals surface area (Å²) in [5.74, 6) is 0.895. The van der Waals surface area contributed by atoms with Crippen LogP contribution in [0.25, 0.3) is 0 Å². The number of pyridine rings is 1. The Morgan fingerprint density at radius 1 is 1.47 bits per heavy atom. The first-order chi connectivity index (χ1) is 8.95. The zero-order valence-electron chi connectivity index (χ0n) is 11.8. The molecule has 0 aliphatic carbocycles. The minimum Gasteiger partial charge on any atom is -0.394 e. The summed E-state index contributed by atoms with van der Waals surface area (Å²) in [6, 6.07) is 1.94. The second-order valence-corrected chi connectivity index (χ2v) is 5.70. The van der Waals surface area contributed by atoms with Gasteiger partial charge in [-0.1, -0.05) is 0 Å². The van der Waals surface area contributed by atoms with Crippen molar-refractivity contribution in [3.63, 3.8) is 0 Å². The van der Waals surface area contributed by atoms with Gasteiger partial charge in [0.1, 0.15) is 5.82 Å². The van der Waals surface area contributed by atoms with Gasteiger partial charge in [0, 0.05) is 19.3 Å². The van der Waals surface area contributed by atoms with Crippen LogP contribution in [0.1, 0.15) is 25.0 Å². The van der Waals surface area contributed by atoms with Crippen LogP contribution in [0.15, 0.2) is 12.3 Å². The van der Waals surface area contributed by atoms with Crippen LogP contribution in [0.3, 0.4) is 0 Å². The topological polar surface area (TPSA) is 65.8 Å². The van der Waals surface area contributed by atoms with Gasteiger partial charge in [-0.15, -0.1) is 0 Å². The van der Waals surface area contributed by atoms with E-state index in [1.54, 1.807) is 6.20 Å². The molecule has 2 N–H and O–H groups in total. The first kappa shape index (κ1) is 14.2. The van der Waals surface area contributed by atoms with Gasteiger partial charge in [0.2, 0.25) is 0 Å². The standard InChI is InChI=1S/C14H22N2O3/c1-10-4-11(7-17)5-15-13(10)16-6-12(8-18)19-14(2,3)9-16/h4-5,12,17-18H,6-9H2,1-3H3. The molecule has 19 heavy (non-hydrogen) atoms. The normalized spacial score (nSPS) is 22.6. The molecule has 0 aromatic carbocycles. The number of rotatable bonds is 3. The van der Waals surface area contributed by atoms with Gasteiger partial charge in [0.15, 0.2) is 0 Å². The number of aromatic nitrogens is 1. The number of aryl methyl sites for hydroxylation is 1. The maximum absolute atomic E-state index is 9.33. The minimum absolute atomic E-state index is 0.00197. The molecule has 1 aromatic heterocycles. The molecule has 5 heteroatoms. The van der Waals surface area contributed by atoms with Crippen LogP contribution in [0.5, 0.6) is 0 Å². The van der Waals surface area contributed by atoms with Crippen molar-refractivity contribution in [1.82, 2.24) is 4.98 Å². The van der Waals surface area contributed by atoms with Crippen LogP contribution in [0, 0.1) is 6.92 Å². The van der Waals surface area contributed by atoms with Crippen molar-refractivity contribution in [2.45, 2.75) is 39.1 Å². The van der Waals surface area contributed by atoms with Gasteiger partial charge in [-0.05, 0) is 38.0 Å². The Balaban J connectivity index is 2.25. The lowest BCUT2D eigenvalue weighted by atomic mass is 10.0. The summed E-state index contributed by atoms with van der Waals surface area (Å²) in [5.41, 5.74) is 1.53. The molecule has 0 amide bonds. The van der Waals surface area contributed by atoms with Gasteiger partial charge in [-0.3, -0.25) is 0 Å². The second kappa shape index (κ2) is 5.45. The summed E-state index contributed by atoms with van der Waals surface area (Å²) < 4.78 is 5.80. The van der Waals surface area contributed by atoms with E-state index in [9.17, 15) is 5.11 Å².